The highest BCUT2D eigenvalue weighted by molar-refractivity contribution is 5.83. The van der Waals surface area contributed by atoms with Crippen LogP contribution in [0.25, 0.3) is 0 Å². The average Bonchev–Trinajstić information content (AvgIpc) is 2.48. The number of amides is 2. The monoisotopic (exact) mass is 290 g/mol. The van der Waals surface area contributed by atoms with Gasteiger partial charge in [0.25, 0.3) is 0 Å². The van der Waals surface area contributed by atoms with Gasteiger partial charge >= 0.3 is 0 Å². The molecule has 1 aromatic carbocycles. The first-order chi connectivity index (χ1) is 10.1. The fraction of sp³-hybridized carbons (Fsp3) is 0.529. The van der Waals surface area contributed by atoms with Gasteiger partial charge in [-0.05, 0) is 18.4 Å². The van der Waals surface area contributed by atoms with Crippen LogP contribution in [0.4, 0.5) is 0 Å². The Balaban J connectivity index is 2.35. The molecule has 0 fully saturated rings. The van der Waals surface area contributed by atoms with E-state index in [9.17, 15) is 9.59 Å². The fourth-order valence-electron chi connectivity index (χ4n) is 2.09. The van der Waals surface area contributed by atoms with E-state index in [0.29, 0.717) is 13.1 Å². The minimum atomic E-state index is -0.0747. The summed E-state index contributed by atoms with van der Waals surface area (Å²) in [6.45, 7) is 5.05. The van der Waals surface area contributed by atoms with E-state index in [1.807, 2.05) is 30.3 Å². The Morgan fingerprint density at radius 3 is 2.48 bits per heavy atom. The van der Waals surface area contributed by atoms with Gasteiger partial charge in [0.1, 0.15) is 0 Å². The maximum atomic E-state index is 11.8. The van der Waals surface area contributed by atoms with Crippen LogP contribution in [-0.2, 0) is 16.0 Å². The zero-order valence-electron chi connectivity index (χ0n) is 13.1. The van der Waals surface area contributed by atoms with E-state index >= 15 is 0 Å². The number of carbonyl (C=O) groups excluding carboxylic acids is 2. The molecule has 0 aliphatic heterocycles. The number of hydrogen-bond acceptors (Lipinski definition) is 2. The van der Waals surface area contributed by atoms with Crippen molar-refractivity contribution in [2.24, 2.45) is 0 Å². The first-order valence-corrected chi connectivity index (χ1v) is 7.69. The summed E-state index contributed by atoms with van der Waals surface area (Å²) >= 11 is 0. The summed E-state index contributed by atoms with van der Waals surface area (Å²) in [6.07, 6.45) is 4.01. The van der Waals surface area contributed by atoms with Crippen molar-refractivity contribution in [2.45, 2.75) is 39.5 Å². The quantitative estimate of drug-likeness (QED) is 0.710. The van der Waals surface area contributed by atoms with E-state index in [0.717, 1.165) is 25.7 Å². The Bertz CT molecular complexity index is 432. The standard InChI is InChI=1S/C17H26N2O2/c1-3-4-8-12-18-17(21)14-19(15(2)20)13-11-16-9-6-5-7-10-16/h5-7,9-10H,3-4,8,11-14H2,1-2H3,(H,18,21). The molecule has 0 aromatic heterocycles. The van der Waals surface area contributed by atoms with E-state index in [-0.39, 0.29) is 18.4 Å². The van der Waals surface area contributed by atoms with E-state index in [2.05, 4.69) is 12.2 Å². The third-order valence-electron chi connectivity index (χ3n) is 3.40. The maximum Gasteiger partial charge on any atom is 0.239 e. The summed E-state index contributed by atoms with van der Waals surface area (Å²) in [6, 6.07) is 9.99. The molecule has 21 heavy (non-hydrogen) atoms. The van der Waals surface area contributed by atoms with Crippen molar-refractivity contribution in [3.63, 3.8) is 0 Å². The van der Waals surface area contributed by atoms with Crippen LogP contribution >= 0.6 is 0 Å². The molecule has 4 heteroatoms. The number of carbonyl (C=O) groups is 2. The third kappa shape index (κ3) is 7.49. The highest BCUT2D eigenvalue weighted by Gasteiger charge is 2.13. The number of nitrogens with one attached hydrogen (secondary N) is 1. The van der Waals surface area contributed by atoms with Crippen LogP contribution in [0.2, 0.25) is 0 Å². The van der Waals surface area contributed by atoms with Gasteiger partial charge < -0.3 is 10.2 Å². The van der Waals surface area contributed by atoms with Crippen molar-refractivity contribution >= 4 is 11.8 Å². The summed E-state index contributed by atoms with van der Waals surface area (Å²) < 4.78 is 0. The van der Waals surface area contributed by atoms with Crippen LogP contribution in [0.5, 0.6) is 0 Å². The van der Waals surface area contributed by atoms with Crippen LogP contribution < -0.4 is 5.32 Å². The molecule has 0 aliphatic carbocycles. The first kappa shape index (κ1) is 17.2. The summed E-state index contributed by atoms with van der Waals surface area (Å²) in [5.74, 6) is -0.135. The molecule has 1 N–H and O–H groups in total. The second-order valence-electron chi connectivity index (χ2n) is 5.23. The van der Waals surface area contributed by atoms with Gasteiger partial charge in [-0.25, -0.2) is 0 Å². The number of nitrogens with zero attached hydrogens (tertiary/aromatic N) is 1. The number of rotatable bonds is 9. The largest absolute Gasteiger partial charge is 0.355 e. The lowest BCUT2D eigenvalue weighted by Gasteiger charge is -2.20. The maximum absolute atomic E-state index is 11.8. The SMILES string of the molecule is CCCCCNC(=O)CN(CCc1ccccc1)C(C)=O. The number of benzene rings is 1. The van der Waals surface area contributed by atoms with Crippen molar-refractivity contribution in [3.05, 3.63) is 35.9 Å². The minimum absolute atomic E-state index is 0.0605. The second-order valence-corrected chi connectivity index (χ2v) is 5.23. The number of hydrogen-bond donors (Lipinski definition) is 1. The van der Waals surface area contributed by atoms with Gasteiger partial charge in [0.05, 0.1) is 6.54 Å². The second kappa shape index (κ2) is 9.97. The highest BCUT2D eigenvalue weighted by Crippen LogP contribution is 2.02. The van der Waals surface area contributed by atoms with E-state index in [1.165, 1.54) is 12.5 Å². The van der Waals surface area contributed by atoms with Gasteiger partial charge in [0, 0.05) is 20.0 Å². The molecule has 0 heterocycles. The van der Waals surface area contributed by atoms with Crippen molar-refractivity contribution in [1.82, 2.24) is 10.2 Å². The topological polar surface area (TPSA) is 49.4 Å². The Labute approximate surface area is 127 Å². The minimum Gasteiger partial charge on any atom is -0.355 e. The molecule has 0 radical (unpaired) electrons. The Morgan fingerprint density at radius 2 is 1.86 bits per heavy atom. The van der Waals surface area contributed by atoms with Gasteiger partial charge in [-0.1, -0.05) is 50.1 Å². The lowest BCUT2D eigenvalue weighted by molar-refractivity contribution is -0.134. The summed E-state index contributed by atoms with van der Waals surface area (Å²) in [4.78, 5) is 25.0. The van der Waals surface area contributed by atoms with Crippen molar-refractivity contribution < 1.29 is 9.59 Å². The van der Waals surface area contributed by atoms with E-state index in [4.69, 9.17) is 0 Å². The molecule has 1 aromatic rings. The molecule has 0 bridgehead atoms. The van der Waals surface area contributed by atoms with Crippen molar-refractivity contribution in [3.8, 4) is 0 Å². The zero-order chi connectivity index (χ0) is 15.5. The van der Waals surface area contributed by atoms with Gasteiger partial charge in [-0.15, -0.1) is 0 Å². The fourth-order valence-corrected chi connectivity index (χ4v) is 2.09. The van der Waals surface area contributed by atoms with Crippen LogP contribution in [0.15, 0.2) is 30.3 Å². The average molecular weight is 290 g/mol. The molecule has 0 saturated carbocycles. The highest BCUT2D eigenvalue weighted by atomic mass is 16.2. The van der Waals surface area contributed by atoms with Gasteiger partial charge in [0.2, 0.25) is 11.8 Å². The molecule has 0 atom stereocenters. The predicted octanol–water partition coefficient (Wildman–Crippen LogP) is 2.38. The molecular formula is C17H26N2O2. The smallest absolute Gasteiger partial charge is 0.239 e. The van der Waals surface area contributed by atoms with Gasteiger partial charge in [0.15, 0.2) is 0 Å². The van der Waals surface area contributed by atoms with Crippen LogP contribution in [0, 0.1) is 0 Å². The third-order valence-corrected chi connectivity index (χ3v) is 3.40. The van der Waals surface area contributed by atoms with E-state index in [1.54, 1.807) is 4.90 Å². The lowest BCUT2D eigenvalue weighted by atomic mass is 10.1. The Morgan fingerprint density at radius 1 is 1.14 bits per heavy atom. The predicted molar refractivity (Wildman–Crippen MR) is 84.9 cm³/mol. The van der Waals surface area contributed by atoms with E-state index < -0.39 is 0 Å². The molecule has 1 rings (SSSR count). The molecule has 0 saturated heterocycles. The first-order valence-electron chi connectivity index (χ1n) is 7.69. The van der Waals surface area contributed by atoms with Gasteiger partial charge in [-0.2, -0.15) is 0 Å². The normalized spacial score (nSPS) is 10.2. The Hall–Kier alpha value is -1.84. The van der Waals surface area contributed by atoms with Crippen LogP contribution in [0.3, 0.4) is 0 Å². The number of unbranched alkanes of at least 4 members (excludes halogenated alkanes) is 2. The molecule has 116 valence electrons. The zero-order valence-corrected chi connectivity index (χ0v) is 13.1. The Kier molecular flexibility index (Phi) is 8.17. The summed E-state index contributed by atoms with van der Waals surface area (Å²) in [5.41, 5.74) is 1.17. The lowest BCUT2D eigenvalue weighted by Crippen LogP contribution is -2.41. The van der Waals surface area contributed by atoms with Crippen molar-refractivity contribution in [1.29, 1.82) is 0 Å². The van der Waals surface area contributed by atoms with Crippen LogP contribution in [0.1, 0.15) is 38.7 Å². The molecule has 2 amide bonds. The molecule has 4 nitrogen and oxygen atoms in total. The van der Waals surface area contributed by atoms with Crippen molar-refractivity contribution in [2.75, 3.05) is 19.6 Å². The molecule has 0 aliphatic rings. The van der Waals surface area contributed by atoms with Gasteiger partial charge in [-0.3, -0.25) is 9.59 Å². The summed E-state index contributed by atoms with van der Waals surface area (Å²) in [7, 11) is 0. The molecule has 0 spiro atoms. The molecule has 0 unspecified atom stereocenters. The van der Waals surface area contributed by atoms with Crippen LogP contribution in [-0.4, -0.2) is 36.3 Å². The summed E-state index contributed by atoms with van der Waals surface area (Å²) in [5, 5.41) is 2.87. The molecular weight excluding hydrogens is 264 g/mol.